The van der Waals surface area contributed by atoms with E-state index in [0.29, 0.717) is 23.9 Å². The van der Waals surface area contributed by atoms with E-state index in [1.165, 1.54) is 0 Å². The van der Waals surface area contributed by atoms with E-state index in [1.807, 2.05) is 72.0 Å². The maximum atomic E-state index is 5.61. The molecule has 156 valence electrons. The molecule has 0 aliphatic carbocycles. The molecule has 0 atom stereocenters. The van der Waals surface area contributed by atoms with Gasteiger partial charge in [-0.15, -0.1) is 0 Å². The Labute approximate surface area is 179 Å². The van der Waals surface area contributed by atoms with Crippen molar-refractivity contribution in [2.24, 2.45) is 7.05 Å². The van der Waals surface area contributed by atoms with Crippen molar-refractivity contribution in [1.29, 1.82) is 0 Å². The first-order valence-electron chi connectivity index (χ1n) is 9.99. The third-order valence-corrected chi connectivity index (χ3v) is 5.12. The van der Waals surface area contributed by atoms with Crippen molar-refractivity contribution in [2.45, 2.75) is 6.92 Å². The second kappa shape index (κ2) is 7.64. The number of imidazole rings is 2. The van der Waals surface area contributed by atoms with Crippen LogP contribution in [0.25, 0.3) is 27.9 Å². The highest BCUT2D eigenvalue weighted by molar-refractivity contribution is 5.82. The number of aryl methyl sites for hydroxylation is 1. The van der Waals surface area contributed by atoms with Gasteiger partial charge in [-0.3, -0.25) is 0 Å². The molecule has 5 aromatic rings. The number of hydrogen-bond donors (Lipinski definition) is 1. The lowest BCUT2D eigenvalue weighted by molar-refractivity contribution is 0.311. The van der Waals surface area contributed by atoms with E-state index in [2.05, 4.69) is 21.4 Å². The molecule has 0 fully saturated rings. The fourth-order valence-corrected chi connectivity index (χ4v) is 3.60. The molecular formula is C23H22N6O2. The van der Waals surface area contributed by atoms with Crippen LogP contribution in [0.5, 0.6) is 11.5 Å². The van der Waals surface area contributed by atoms with Crippen LogP contribution in [0.4, 0.5) is 11.5 Å². The molecule has 3 aromatic heterocycles. The maximum absolute atomic E-state index is 5.61. The Balaban J connectivity index is 1.57. The summed E-state index contributed by atoms with van der Waals surface area (Å²) in [7, 11) is 3.61. The van der Waals surface area contributed by atoms with Crippen LogP contribution in [0.3, 0.4) is 0 Å². The zero-order valence-electron chi connectivity index (χ0n) is 17.5. The van der Waals surface area contributed by atoms with Gasteiger partial charge in [-0.25, -0.2) is 15.0 Å². The predicted octanol–water partition coefficient (Wildman–Crippen LogP) is 4.43. The fraction of sp³-hybridized carbons (Fsp3) is 0.174. The van der Waals surface area contributed by atoms with Crippen molar-refractivity contribution in [2.75, 3.05) is 19.0 Å². The van der Waals surface area contributed by atoms with Crippen LogP contribution in [-0.2, 0) is 7.05 Å². The van der Waals surface area contributed by atoms with Crippen LogP contribution in [0, 0.1) is 0 Å². The molecule has 0 aliphatic rings. The van der Waals surface area contributed by atoms with Crippen LogP contribution >= 0.6 is 0 Å². The van der Waals surface area contributed by atoms with Gasteiger partial charge in [0.25, 0.3) is 0 Å². The molecule has 31 heavy (non-hydrogen) atoms. The van der Waals surface area contributed by atoms with Crippen LogP contribution in [0.15, 0.2) is 61.3 Å². The van der Waals surface area contributed by atoms with Crippen molar-refractivity contribution in [3.8, 4) is 22.8 Å². The predicted molar refractivity (Wildman–Crippen MR) is 120 cm³/mol. The number of ether oxygens (including phenoxy) is 2. The van der Waals surface area contributed by atoms with Crippen molar-refractivity contribution < 1.29 is 9.47 Å². The molecule has 0 amide bonds. The van der Waals surface area contributed by atoms with Gasteiger partial charge >= 0.3 is 0 Å². The molecular weight excluding hydrogens is 392 g/mol. The van der Waals surface area contributed by atoms with Crippen LogP contribution < -0.4 is 14.8 Å². The number of hydrogen-bond acceptors (Lipinski definition) is 6. The van der Waals surface area contributed by atoms with Crippen molar-refractivity contribution in [3.63, 3.8) is 0 Å². The second-order valence-corrected chi connectivity index (χ2v) is 7.12. The van der Waals surface area contributed by atoms with Gasteiger partial charge in [-0.1, -0.05) is 6.07 Å². The first-order valence-corrected chi connectivity index (χ1v) is 9.99. The molecule has 0 spiro atoms. The Hall–Kier alpha value is -4.07. The number of methoxy groups -OCH3 is 1. The maximum Gasteiger partial charge on any atom is 0.180 e. The van der Waals surface area contributed by atoms with Crippen LogP contribution in [0.1, 0.15) is 6.92 Å². The number of rotatable bonds is 6. The molecule has 1 N–H and O–H groups in total. The molecule has 3 heterocycles. The lowest BCUT2D eigenvalue weighted by Gasteiger charge is -2.13. The smallest absolute Gasteiger partial charge is 0.180 e. The minimum absolute atomic E-state index is 0.572. The quantitative estimate of drug-likeness (QED) is 0.443. The Morgan fingerprint density at radius 3 is 2.81 bits per heavy atom. The van der Waals surface area contributed by atoms with E-state index in [1.54, 1.807) is 13.3 Å². The van der Waals surface area contributed by atoms with E-state index < -0.39 is 0 Å². The molecule has 0 aliphatic heterocycles. The van der Waals surface area contributed by atoms with Gasteiger partial charge < -0.3 is 23.8 Å². The average molecular weight is 414 g/mol. The zero-order valence-corrected chi connectivity index (χ0v) is 17.5. The fourth-order valence-electron chi connectivity index (χ4n) is 3.60. The number of benzene rings is 2. The molecule has 0 unspecified atom stereocenters. The summed E-state index contributed by atoms with van der Waals surface area (Å²) in [5.41, 5.74) is 5.40. The summed E-state index contributed by atoms with van der Waals surface area (Å²) >= 11 is 0. The number of fused-ring (bicyclic) bond motifs is 2. The highest BCUT2D eigenvalue weighted by atomic mass is 16.5. The summed E-state index contributed by atoms with van der Waals surface area (Å²) in [5, 5.41) is 3.38. The molecule has 8 heteroatoms. The molecule has 0 radical (unpaired) electrons. The molecule has 0 bridgehead atoms. The normalized spacial score (nSPS) is 11.2. The Bertz CT molecular complexity index is 1390. The summed E-state index contributed by atoms with van der Waals surface area (Å²) in [6, 6.07) is 11.8. The standard InChI is InChI=1S/C23H22N6O2/c1-4-31-20-8-6-16(12-21(20)30-3)26-22-23-24-9-10-29(23)13-18(27-22)15-5-7-17-19(11-15)28(2)14-25-17/h5-14H,4H2,1-3H3,(H,26,27). The van der Waals surface area contributed by atoms with Crippen molar-refractivity contribution in [3.05, 3.63) is 61.3 Å². The second-order valence-electron chi connectivity index (χ2n) is 7.12. The average Bonchev–Trinajstić information content (AvgIpc) is 3.41. The van der Waals surface area contributed by atoms with E-state index >= 15 is 0 Å². The Kier molecular flexibility index (Phi) is 4.66. The summed E-state index contributed by atoms with van der Waals surface area (Å²) < 4.78 is 15.0. The zero-order chi connectivity index (χ0) is 21.4. The molecule has 0 saturated carbocycles. The minimum Gasteiger partial charge on any atom is -0.493 e. The van der Waals surface area contributed by atoms with Gasteiger partial charge in [-0.05, 0) is 31.2 Å². The Morgan fingerprint density at radius 2 is 1.97 bits per heavy atom. The third kappa shape index (κ3) is 3.42. The summed E-state index contributed by atoms with van der Waals surface area (Å²) in [6.45, 7) is 2.52. The highest BCUT2D eigenvalue weighted by Gasteiger charge is 2.12. The van der Waals surface area contributed by atoms with Crippen molar-refractivity contribution in [1.82, 2.24) is 23.9 Å². The number of aromatic nitrogens is 5. The van der Waals surface area contributed by atoms with Gasteiger partial charge in [0.15, 0.2) is 23.0 Å². The monoisotopic (exact) mass is 414 g/mol. The molecule has 8 nitrogen and oxygen atoms in total. The first-order chi connectivity index (χ1) is 15.2. The SMILES string of the molecule is CCOc1ccc(Nc2nc(-c3ccc4ncn(C)c4c3)cn3ccnc23)cc1OC. The Morgan fingerprint density at radius 1 is 1.06 bits per heavy atom. The van der Waals surface area contributed by atoms with Crippen LogP contribution in [0.2, 0.25) is 0 Å². The molecule has 2 aromatic carbocycles. The van der Waals surface area contributed by atoms with Gasteiger partial charge in [0.05, 0.1) is 36.8 Å². The summed E-state index contributed by atoms with van der Waals surface area (Å²) in [6.07, 6.45) is 7.46. The van der Waals surface area contributed by atoms with Crippen molar-refractivity contribution >= 4 is 28.2 Å². The number of anilines is 2. The van der Waals surface area contributed by atoms with E-state index in [-0.39, 0.29) is 0 Å². The summed E-state index contributed by atoms with van der Waals surface area (Å²) in [5.74, 6) is 2.01. The largest absolute Gasteiger partial charge is 0.493 e. The van der Waals surface area contributed by atoms with Gasteiger partial charge in [0.2, 0.25) is 0 Å². The van der Waals surface area contributed by atoms with Gasteiger partial charge in [0, 0.05) is 43.0 Å². The first kappa shape index (κ1) is 18.9. The lowest BCUT2D eigenvalue weighted by atomic mass is 10.1. The lowest BCUT2D eigenvalue weighted by Crippen LogP contribution is -2.01. The van der Waals surface area contributed by atoms with E-state index in [9.17, 15) is 0 Å². The van der Waals surface area contributed by atoms with Gasteiger partial charge in [-0.2, -0.15) is 0 Å². The molecule has 0 saturated heterocycles. The molecule has 5 rings (SSSR count). The number of nitrogens with zero attached hydrogens (tertiary/aromatic N) is 5. The van der Waals surface area contributed by atoms with Crippen LogP contribution in [-0.4, -0.2) is 37.6 Å². The summed E-state index contributed by atoms with van der Waals surface area (Å²) in [4.78, 5) is 13.7. The van der Waals surface area contributed by atoms with Gasteiger partial charge in [0.1, 0.15) is 0 Å². The number of nitrogens with one attached hydrogen (secondary N) is 1. The minimum atomic E-state index is 0.572. The third-order valence-electron chi connectivity index (χ3n) is 5.12. The topological polar surface area (TPSA) is 78.5 Å². The van der Waals surface area contributed by atoms with E-state index in [4.69, 9.17) is 14.5 Å². The highest BCUT2D eigenvalue weighted by Crippen LogP contribution is 2.32. The van der Waals surface area contributed by atoms with E-state index in [0.717, 1.165) is 33.6 Å².